The number of nitrogens with zero attached hydrogens (tertiary/aromatic N) is 4. The molecule has 172 valence electrons. The van der Waals surface area contributed by atoms with Gasteiger partial charge in [-0.25, -0.2) is 23.4 Å². The molecule has 0 atom stereocenters. The molecule has 0 spiro atoms. The van der Waals surface area contributed by atoms with Crippen LogP contribution < -0.4 is 21.2 Å². The van der Waals surface area contributed by atoms with E-state index >= 15 is 0 Å². The molecule has 12 heteroatoms. The van der Waals surface area contributed by atoms with E-state index < -0.39 is 10.0 Å². The van der Waals surface area contributed by atoms with Crippen LogP contribution in [0.3, 0.4) is 0 Å². The highest BCUT2D eigenvalue weighted by atomic mass is 32.2. The maximum atomic E-state index is 13.1. The molecular formula is C22H19FN8O2S. The van der Waals surface area contributed by atoms with Gasteiger partial charge < -0.3 is 10.6 Å². The molecule has 0 unspecified atom stereocenters. The molecule has 1 heterocycles. The van der Waals surface area contributed by atoms with Crippen molar-refractivity contribution in [3.8, 4) is 0 Å². The molecule has 0 aliphatic carbocycles. The van der Waals surface area contributed by atoms with E-state index in [-0.39, 0.29) is 28.6 Å². The number of sulfonamides is 1. The SMILES string of the molecule is NS(=O)(=O)c1ccc(Nc2nc(N/N=C/c3ccc(F)cc3)nc(Nc3ccccc3)n2)cc1. The summed E-state index contributed by atoms with van der Waals surface area (Å²) in [6, 6.07) is 20.9. The second kappa shape index (κ2) is 10.0. The van der Waals surface area contributed by atoms with Gasteiger partial charge in [0, 0.05) is 11.4 Å². The second-order valence-electron chi connectivity index (χ2n) is 6.91. The molecule has 34 heavy (non-hydrogen) atoms. The number of hydrazone groups is 1. The van der Waals surface area contributed by atoms with Gasteiger partial charge in [0.15, 0.2) is 0 Å². The molecule has 3 aromatic carbocycles. The van der Waals surface area contributed by atoms with Crippen molar-refractivity contribution in [1.29, 1.82) is 0 Å². The van der Waals surface area contributed by atoms with Gasteiger partial charge in [0.05, 0.1) is 11.1 Å². The van der Waals surface area contributed by atoms with E-state index in [1.807, 2.05) is 30.3 Å². The third-order valence-corrected chi connectivity index (χ3v) is 5.28. The number of halogens is 1. The lowest BCUT2D eigenvalue weighted by Gasteiger charge is -2.10. The molecule has 0 amide bonds. The van der Waals surface area contributed by atoms with Crippen LogP contribution in [0.2, 0.25) is 0 Å². The van der Waals surface area contributed by atoms with Gasteiger partial charge in [-0.2, -0.15) is 20.1 Å². The molecule has 0 aliphatic heterocycles. The highest BCUT2D eigenvalue weighted by molar-refractivity contribution is 7.89. The fourth-order valence-electron chi connectivity index (χ4n) is 2.76. The lowest BCUT2D eigenvalue weighted by Crippen LogP contribution is -2.12. The normalized spacial score (nSPS) is 11.4. The molecule has 4 rings (SSSR count). The molecule has 0 radical (unpaired) electrons. The van der Waals surface area contributed by atoms with Gasteiger partial charge in [-0.1, -0.05) is 30.3 Å². The highest BCUT2D eigenvalue weighted by Gasteiger charge is 2.10. The van der Waals surface area contributed by atoms with Gasteiger partial charge in [-0.3, -0.25) is 0 Å². The average Bonchev–Trinajstić information content (AvgIpc) is 2.81. The van der Waals surface area contributed by atoms with E-state index in [0.717, 1.165) is 5.69 Å². The molecule has 5 N–H and O–H groups in total. The van der Waals surface area contributed by atoms with Crippen molar-refractivity contribution in [2.75, 3.05) is 16.1 Å². The van der Waals surface area contributed by atoms with Crippen molar-refractivity contribution in [3.63, 3.8) is 0 Å². The lowest BCUT2D eigenvalue weighted by atomic mass is 10.2. The van der Waals surface area contributed by atoms with Crippen LogP contribution in [-0.2, 0) is 10.0 Å². The summed E-state index contributed by atoms with van der Waals surface area (Å²) in [5, 5.41) is 15.3. The number of nitrogens with one attached hydrogen (secondary N) is 3. The van der Waals surface area contributed by atoms with Crippen molar-refractivity contribution >= 4 is 45.5 Å². The molecule has 0 aliphatic rings. The van der Waals surface area contributed by atoms with Gasteiger partial charge in [0.1, 0.15) is 5.82 Å². The van der Waals surface area contributed by atoms with E-state index in [9.17, 15) is 12.8 Å². The van der Waals surface area contributed by atoms with Crippen LogP contribution in [0.15, 0.2) is 88.9 Å². The number of hydrogen-bond donors (Lipinski definition) is 4. The Morgan fingerprint density at radius 3 is 1.91 bits per heavy atom. The largest absolute Gasteiger partial charge is 0.324 e. The van der Waals surface area contributed by atoms with Crippen LogP contribution in [0.25, 0.3) is 0 Å². The van der Waals surface area contributed by atoms with Crippen molar-refractivity contribution in [2.24, 2.45) is 10.2 Å². The zero-order chi connectivity index (χ0) is 24.0. The third kappa shape index (κ3) is 6.31. The summed E-state index contributed by atoms with van der Waals surface area (Å²) in [5.74, 6) is 0.211. The average molecular weight is 479 g/mol. The Morgan fingerprint density at radius 2 is 1.32 bits per heavy atom. The lowest BCUT2D eigenvalue weighted by molar-refractivity contribution is 0.598. The Balaban J connectivity index is 1.57. The number of rotatable bonds is 8. The summed E-state index contributed by atoms with van der Waals surface area (Å²) in [6.07, 6.45) is 1.49. The Kier molecular flexibility index (Phi) is 6.71. The van der Waals surface area contributed by atoms with E-state index in [1.54, 1.807) is 12.1 Å². The number of hydrogen-bond acceptors (Lipinski definition) is 9. The Bertz CT molecular complexity index is 1400. The number of para-hydroxylation sites is 1. The minimum atomic E-state index is -3.80. The molecule has 0 fully saturated rings. The number of aromatic nitrogens is 3. The van der Waals surface area contributed by atoms with Crippen LogP contribution in [0, 0.1) is 5.82 Å². The molecule has 0 bridgehead atoms. The molecule has 0 saturated heterocycles. The molecule has 10 nitrogen and oxygen atoms in total. The van der Waals surface area contributed by atoms with Crippen LogP contribution >= 0.6 is 0 Å². The van der Waals surface area contributed by atoms with Gasteiger partial charge in [0.2, 0.25) is 27.9 Å². The van der Waals surface area contributed by atoms with Gasteiger partial charge in [-0.05, 0) is 54.1 Å². The maximum Gasteiger partial charge on any atom is 0.250 e. The first-order valence-corrected chi connectivity index (χ1v) is 11.4. The zero-order valence-corrected chi connectivity index (χ0v) is 18.4. The first kappa shape index (κ1) is 22.8. The minimum Gasteiger partial charge on any atom is -0.324 e. The number of primary sulfonamides is 1. The van der Waals surface area contributed by atoms with E-state index in [4.69, 9.17) is 5.14 Å². The summed E-state index contributed by atoms with van der Waals surface area (Å²) in [4.78, 5) is 12.9. The Morgan fingerprint density at radius 1 is 0.765 bits per heavy atom. The molecule has 4 aromatic rings. The predicted molar refractivity (Wildman–Crippen MR) is 128 cm³/mol. The number of benzene rings is 3. The summed E-state index contributed by atoms with van der Waals surface area (Å²) < 4.78 is 36.0. The van der Waals surface area contributed by atoms with E-state index in [0.29, 0.717) is 11.3 Å². The monoisotopic (exact) mass is 478 g/mol. The Hall–Kier alpha value is -4.42. The summed E-state index contributed by atoms with van der Waals surface area (Å²) in [6.45, 7) is 0. The topological polar surface area (TPSA) is 147 Å². The third-order valence-electron chi connectivity index (χ3n) is 4.35. The molecule has 0 saturated carbocycles. The summed E-state index contributed by atoms with van der Waals surface area (Å²) in [5.41, 5.74) is 4.70. The fourth-order valence-corrected chi connectivity index (χ4v) is 3.27. The van der Waals surface area contributed by atoms with E-state index in [2.05, 4.69) is 36.1 Å². The van der Waals surface area contributed by atoms with Crippen LogP contribution in [-0.4, -0.2) is 29.6 Å². The first-order chi connectivity index (χ1) is 16.3. The smallest absolute Gasteiger partial charge is 0.250 e. The maximum absolute atomic E-state index is 13.1. The van der Waals surface area contributed by atoms with Crippen molar-refractivity contribution in [2.45, 2.75) is 4.90 Å². The number of nitrogens with two attached hydrogens (primary N) is 1. The predicted octanol–water partition coefficient (Wildman–Crippen LogP) is 3.59. The van der Waals surface area contributed by atoms with Crippen molar-refractivity contribution in [1.82, 2.24) is 15.0 Å². The fraction of sp³-hybridized carbons (Fsp3) is 0. The van der Waals surface area contributed by atoms with Crippen LogP contribution in [0.1, 0.15) is 5.56 Å². The van der Waals surface area contributed by atoms with Gasteiger partial charge in [-0.15, -0.1) is 0 Å². The molecule has 1 aromatic heterocycles. The highest BCUT2D eigenvalue weighted by Crippen LogP contribution is 2.20. The summed E-state index contributed by atoms with van der Waals surface area (Å²) in [7, 11) is -3.80. The van der Waals surface area contributed by atoms with Crippen molar-refractivity contribution in [3.05, 3.63) is 90.2 Å². The standard InChI is InChI=1S/C22H19FN8O2S/c23-16-8-6-15(7-9-16)14-25-31-22-29-20(26-17-4-2-1-3-5-17)28-21(30-22)27-18-10-12-19(13-11-18)34(24,32)33/h1-14H,(H2,24,32,33)(H3,26,27,28,29,30,31)/b25-14+. The minimum absolute atomic E-state index is 0.0161. The van der Waals surface area contributed by atoms with Gasteiger partial charge >= 0.3 is 0 Å². The van der Waals surface area contributed by atoms with Gasteiger partial charge in [0.25, 0.3) is 0 Å². The Labute approximate surface area is 194 Å². The van der Waals surface area contributed by atoms with Crippen LogP contribution in [0.4, 0.5) is 33.6 Å². The van der Waals surface area contributed by atoms with Crippen molar-refractivity contribution < 1.29 is 12.8 Å². The summed E-state index contributed by atoms with van der Waals surface area (Å²) >= 11 is 0. The van der Waals surface area contributed by atoms with Crippen LogP contribution in [0.5, 0.6) is 0 Å². The van der Waals surface area contributed by atoms with E-state index in [1.165, 1.54) is 42.6 Å². The second-order valence-corrected chi connectivity index (χ2v) is 8.47. The first-order valence-electron chi connectivity index (χ1n) is 9.88. The number of anilines is 5. The molecular weight excluding hydrogens is 459 g/mol. The zero-order valence-electron chi connectivity index (χ0n) is 17.6. The quantitative estimate of drug-likeness (QED) is 0.222.